The van der Waals surface area contributed by atoms with Crippen LogP contribution in [-0.4, -0.2) is 163 Å². The van der Waals surface area contributed by atoms with Crippen LogP contribution in [-0.2, 0) is 44.7 Å². The summed E-state index contributed by atoms with van der Waals surface area (Å²) >= 11 is 0. The standard InChI is InChI=1S/2C30H33N5O4.C25H26N4O3.C23H22N4O4/c2*1-18(2)38-27-11-8-21(16-22(27)17-31)29-33-28(34-39-29)25-7-5-6-24-23(25)9-10-26(24)32-30(36)35-14-12-20(13-15-35)19(3)37-4;1-5-23(30)29(4)21-11-10-18-19(21)7-6-8-20(18)24-27-25(32-28-24)16-9-12-22(31-15(2)3)17(13-16)14-26;1-2-10-25-19-8-7-16-17(19)4-3-5-18(16)22-26-23(31-27-22)14-6-9-20(15(11-14)12-24)30-13-21(28)29/h2*5-8,11,16,18,20,26H,3,9-10,12-15H2,1-2,4H3,(H,32,36);6-9,12-13,15,21H,5,10-11H2,1-4H3;3-6,9,11,19,25H,2,7-8,10,13H2,1H3,(H,28,29)/t2*26-;21-;/m100./s1. The zero-order chi connectivity index (χ0) is 99.7. The van der Waals surface area contributed by atoms with Gasteiger partial charge >= 0.3 is 18.0 Å². The molecule has 8 aromatic carbocycles. The molecule has 5 amide bonds. The lowest BCUT2D eigenvalue weighted by Gasteiger charge is -2.33. The van der Waals surface area contributed by atoms with Crippen LogP contribution in [0.4, 0.5) is 9.59 Å². The van der Waals surface area contributed by atoms with Crippen molar-refractivity contribution in [2.75, 3.05) is 60.6 Å². The number of urea groups is 2. The number of fused-ring (bicyclic) bond motifs is 4. The van der Waals surface area contributed by atoms with Gasteiger partial charge < -0.3 is 82.3 Å². The van der Waals surface area contributed by atoms with Crippen LogP contribution in [0.15, 0.2) is 188 Å². The number of rotatable bonds is 28. The third-order valence-electron chi connectivity index (χ3n) is 25.9. The number of hydrogen-bond acceptors (Lipinski definition) is 27. The summed E-state index contributed by atoms with van der Waals surface area (Å²) in [5.74, 6) is 6.23. The van der Waals surface area contributed by atoms with Crippen LogP contribution in [0.3, 0.4) is 0 Å². The summed E-state index contributed by atoms with van der Waals surface area (Å²) in [5.41, 5.74) is 16.8. The average Bonchev–Trinajstić information content (AvgIpc) is 1.65. The minimum absolute atomic E-state index is 0.0291. The summed E-state index contributed by atoms with van der Waals surface area (Å²) in [4.78, 5) is 73.0. The summed E-state index contributed by atoms with van der Waals surface area (Å²) < 4.78 is 55.0. The van der Waals surface area contributed by atoms with Gasteiger partial charge in [-0.2, -0.15) is 41.0 Å². The molecule has 0 bridgehead atoms. The van der Waals surface area contributed by atoms with E-state index in [0.717, 1.165) is 157 Å². The lowest BCUT2D eigenvalue weighted by Crippen LogP contribution is -2.45. The number of ether oxygens (including phenoxy) is 6. The van der Waals surface area contributed by atoms with Gasteiger partial charge in [-0.05, 0) is 249 Å². The topological polar surface area (TPSA) is 441 Å². The largest absolute Gasteiger partial charge is 0.501 e. The molecular weight excluding hydrogens is 1790 g/mol. The lowest BCUT2D eigenvalue weighted by molar-refractivity contribution is -0.139. The Bertz CT molecular complexity index is 6550. The number of nitrogens with one attached hydrogen (secondary N) is 3. The number of methoxy groups -OCH3 is 2. The Balaban J connectivity index is 0.000000143. The number of amides is 5. The maximum atomic E-state index is 13.0. The molecule has 0 spiro atoms. The van der Waals surface area contributed by atoms with Gasteiger partial charge in [-0.1, -0.05) is 120 Å². The fraction of sp³-hybridized carbons (Fsp3) is 0.370. The van der Waals surface area contributed by atoms with E-state index < -0.39 is 12.6 Å². The molecule has 6 aliphatic rings. The van der Waals surface area contributed by atoms with Crippen LogP contribution in [0.1, 0.15) is 211 Å². The molecule has 141 heavy (non-hydrogen) atoms. The van der Waals surface area contributed by atoms with Crippen LogP contribution in [0.25, 0.3) is 91.4 Å². The number of piperidine rings is 2. The maximum absolute atomic E-state index is 13.0. The predicted octanol–water partition coefficient (Wildman–Crippen LogP) is 19.9. The van der Waals surface area contributed by atoms with Gasteiger partial charge in [0.2, 0.25) is 29.2 Å². The molecule has 12 aromatic rings. The Morgan fingerprint density at radius 1 is 0.454 bits per heavy atom. The number of likely N-dealkylation sites (tertiary alicyclic amines) is 2. The van der Waals surface area contributed by atoms with Crippen molar-refractivity contribution in [2.45, 2.75) is 188 Å². The summed E-state index contributed by atoms with van der Waals surface area (Å²) in [6, 6.07) is 53.4. The molecule has 33 nitrogen and oxygen atoms in total. The number of hydrogen-bond donors (Lipinski definition) is 4. The number of aliphatic carboxylic acids is 1. The van der Waals surface area contributed by atoms with Gasteiger partial charge in [0.05, 0.1) is 84.4 Å². The van der Waals surface area contributed by atoms with Crippen LogP contribution in [0.5, 0.6) is 23.0 Å². The number of aromatic nitrogens is 8. The zero-order valence-corrected chi connectivity index (χ0v) is 81.0. The van der Waals surface area contributed by atoms with Gasteiger partial charge in [0.25, 0.3) is 23.6 Å². The summed E-state index contributed by atoms with van der Waals surface area (Å²) in [6.45, 7) is 26.7. The van der Waals surface area contributed by atoms with Gasteiger partial charge in [-0.25, -0.2) is 14.4 Å². The second-order valence-electron chi connectivity index (χ2n) is 36.1. The van der Waals surface area contributed by atoms with Crippen molar-refractivity contribution in [1.29, 1.82) is 21.0 Å². The van der Waals surface area contributed by atoms with E-state index in [9.17, 15) is 40.2 Å². The number of benzene rings is 8. The van der Waals surface area contributed by atoms with Gasteiger partial charge in [-0.3, -0.25) is 4.79 Å². The van der Waals surface area contributed by atoms with Crippen molar-refractivity contribution in [3.05, 3.63) is 237 Å². The molecule has 0 saturated carbocycles. The van der Waals surface area contributed by atoms with Crippen molar-refractivity contribution in [2.24, 2.45) is 11.8 Å². The fourth-order valence-corrected chi connectivity index (χ4v) is 18.9. The highest BCUT2D eigenvalue weighted by atomic mass is 16.5. The minimum Gasteiger partial charge on any atom is -0.501 e. The van der Waals surface area contributed by atoms with E-state index in [2.05, 4.69) is 119 Å². The molecule has 4 aliphatic carbocycles. The van der Waals surface area contributed by atoms with Crippen LogP contribution in [0.2, 0.25) is 0 Å². The molecular formula is C108H114N18O15. The number of allylic oxidation sites excluding steroid dienone is 2. The predicted molar refractivity (Wildman–Crippen MR) is 524 cm³/mol. The molecule has 726 valence electrons. The molecule has 4 aromatic heterocycles. The van der Waals surface area contributed by atoms with Crippen molar-refractivity contribution in [3.63, 3.8) is 0 Å². The quantitative estimate of drug-likeness (QED) is 0.0331. The van der Waals surface area contributed by atoms with Gasteiger partial charge in [-0.15, -0.1) is 0 Å². The van der Waals surface area contributed by atoms with Gasteiger partial charge in [0.1, 0.15) is 47.3 Å². The maximum Gasteiger partial charge on any atom is 0.341 e. The van der Waals surface area contributed by atoms with E-state index in [1.807, 2.05) is 143 Å². The average molecular weight is 1900 g/mol. The highest BCUT2D eigenvalue weighted by Gasteiger charge is 2.37. The molecule has 6 heterocycles. The number of carbonyl (C=O) groups is 4. The van der Waals surface area contributed by atoms with Gasteiger partial charge in [0, 0.05) is 102 Å². The molecule has 1 unspecified atom stereocenters. The first-order valence-corrected chi connectivity index (χ1v) is 47.7. The van der Waals surface area contributed by atoms with E-state index in [-0.39, 0.29) is 71.6 Å². The second kappa shape index (κ2) is 45.5. The van der Waals surface area contributed by atoms with E-state index in [1.54, 1.807) is 62.8 Å². The Morgan fingerprint density at radius 3 is 1.10 bits per heavy atom. The first kappa shape index (κ1) is 99.5. The molecule has 4 atom stereocenters. The van der Waals surface area contributed by atoms with Crippen LogP contribution >= 0.6 is 0 Å². The minimum atomic E-state index is -1.11. The van der Waals surface area contributed by atoms with Gasteiger partial charge in [0.15, 0.2) is 6.61 Å². The molecule has 0 radical (unpaired) electrons. The number of nitrogens with zero attached hydrogens (tertiary/aromatic N) is 15. The van der Waals surface area contributed by atoms with Crippen molar-refractivity contribution in [3.8, 4) is 139 Å². The summed E-state index contributed by atoms with van der Waals surface area (Å²) in [5, 5.41) is 73.7. The summed E-state index contributed by atoms with van der Waals surface area (Å²) in [7, 11) is 5.16. The fourth-order valence-electron chi connectivity index (χ4n) is 18.9. The van der Waals surface area contributed by atoms with Crippen LogP contribution < -0.4 is 34.9 Å². The Hall–Kier alpha value is -16.0. The first-order chi connectivity index (χ1) is 68.3. The molecule has 4 N–H and O–H groups in total. The Labute approximate surface area is 818 Å². The van der Waals surface area contributed by atoms with Crippen LogP contribution in [0, 0.1) is 57.2 Å². The van der Waals surface area contributed by atoms with Crippen molar-refractivity contribution >= 4 is 23.9 Å². The highest BCUT2D eigenvalue weighted by molar-refractivity contribution is 5.79. The normalized spacial score (nSPS) is 16.0. The van der Waals surface area contributed by atoms with E-state index in [1.165, 1.54) is 17.2 Å². The number of carboxylic acids is 1. The highest BCUT2D eigenvalue weighted by Crippen LogP contribution is 2.45. The number of carboxylic acid groups (broad SMARTS) is 1. The third-order valence-corrected chi connectivity index (χ3v) is 25.9. The molecule has 2 saturated heterocycles. The first-order valence-electron chi connectivity index (χ1n) is 47.7. The smallest absolute Gasteiger partial charge is 0.341 e. The second-order valence-corrected chi connectivity index (χ2v) is 36.1. The van der Waals surface area contributed by atoms with E-state index >= 15 is 0 Å². The van der Waals surface area contributed by atoms with Crippen molar-refractivity contribution < 1.29 is 70.8 Å². The number of nitriles is 4. The Kier molecular flexibility index (Phi) is 32.1. The zero-order valence-electron chi connectivity index (χ0n) is 81.0. The molecule has 2 aliphatic heterocycles. The van der Waals surface area contributed by atoms with E-state index in [0.29, 0.717) is 148 Å². The molecule has 33 heteroatoms. The molecule has 18 rings (SSSR count). The SMILES string of the molecule is C=C(OC)C1CCN(C(=O)N[C@@H]2CCc3c(-c4noc(-c5ccc(OC(C)C)c(C#N)c5)n4)cccc32)CC1.C=C(OC)C1CCN(C(=O)N[C@H]2CCc3c(-c4noc(-c5ccc(OC(C)C)c(C#N)c5)n4)cccc32)CC1.CCC(=O)N(C)[C@H]1CCc2c(-c3noc(-c4ccc(OC(C)C)c(C#N)c4)n3)cccc21.CCCNC1CCc2c(-c3noc(-c4ccc(OCC(=O)O)c(C#N)c4)n3)cccc21. The lowest BCUT2D eigenvalue weighted by atomic mass is 9.95. The monoisotopic (exact) mass is 1900 g/mol. The summed E-state index contributed by atoms with van der Waals surface area (Å²) in [6.07, 6.45) is 11.8. The third kappa shape index (κ3) is 23.0. The molecule has 2 fully saturated rings. The Morgan fingerprint density at radius 2 is 0.773 bits per heavy atom. The van der Waals surface area contributed by atoms with E-state index in [4.69, 9.17) is 51.6 Å². The number of carbonyl (C=O) groups excluding carboxylic acids is 3. The van der Waals surface area contributed by atoms with Crippen molar-refractivity contribution in [1.82, 2.24) is 71.2 Å².